The lowest BCUT2D eigenvalue weighted by Gasteiger charge is -2.23. The molecule has 1 aromatic heterocycles. The summed E-state index contributed by atoms with van der Waals surface area (Å²) in [5.74, 6) is -0.721. The van der Waals surface area contributed by atoms with Crippen LogP contribution in [-0.2, 0) is 14.9 Å². The fourth-order valence-corrected chi connectivity index (χ4v) is 3.99. The van der Waals surface area contributed by atoms with Gasteiger partial charge in [-0.2, -0.15) is 0 Å². The zero-order valence-corrected chi connectivity index (χ0v) is 19.9. The summed E-state index contributed by atoms with van der Waals surface area (Å²) >= 11 is 19.4. The van der Waals surface area contributed by atoms with Gasteiger partial charge in [-0.1, -0.05) is 41.0 Å². The number of methoxy groups -OCH3 is 1. The second-order valence-electron chi connectivity index (χ2n) is 6.85. The molecule has 29 heavy (non-hydrogen) atoms. The van der Waals surface area contributed by atoms with Crippen molar-refractivity contribution in [1.29, 1.82) is 0 Å². The number of aryl methyl sites for hydroxylation is 2. The van der Waals surface area contributed by atoms with Gasteiger partial charge in [0.25, 0.3) is 0 Å². The van der Waals surface area contributed by atoms with Crippen molar-refractivity contribution in [3.63, 3.8) is 0 Å². The first-order chi connectivity index (χ1) is 13.4. The van der Waals surface area contributed by atoms with Crippen LogP contribution in [0.2, 0.25) is 10.0 Å². The number of halogens is 2. The highest BCUT2D eigenvalue weighted by Gasteiger charge is 2.39. The maximum absolute atomic E-state index is 13.1. The average molecular weight is 475 g/mol. The maximum atomic E-state index is 13.1. The topological polar surface area (TPSA) is 65.7 Å². The van der Waals surface area contributed by atoms with Crippen molar-refractivity contribution in [3.8, 4) is 16.9 Å². The molecule has 5 nitrogen and oxygen atoms in total. The van der Waals surface area contributed by atoms with Crippen LogP contribution < -0.4 is 10.4 Å². The van der Waals surface area contributed by atoms with E-state index in [-0.39, 0.29) is 26.5 Å². The number of carbonyl (C=O) groups is 1. The smallest absolute Gasteiger partial charge is 0.347 e. The number of hydrogen-bond acceptors (Lipinski definition) is 7. The van der Waals surface area contributed by atoms with Gasteiger partial charge in [-0.25, -0.2) is 4.79 Å². The lowest BCUT2D eigenvalue weighted by atomic mass is 9.89. The lowest BCUT2D eigenvalue weighted by Crippen LogP contribution is -2.32. The van der Waals surface area contributed by atoms with Crippen molar-refractivity contribution in [2.75, 3.05) is 13.4 Å². The van der Waals surface area contributed by atoms with E-state index in [0.717, 1.165) is 11.1 Å². The Hall–Kier alpha value is -1.54. The lowest BCUT2D eigenvalue weighted by molar-refractivity contribution is -0.146. The Kier molecular flexibility index (Phi) is 7.43. The second-order valence-corrected chi connectivity index (χ2v) is 9.04. The molecule has 1 aromatic carbocycles. The minimum atomic E-state index is -1.34. The Morgan fingerprint density at radius 2 is 1.83 bits per heavy atom. The van der Waals surface area contributed by atoms with Crippen molar-refractivity contribution < 1.29 is 18.7 Å². The highest BCUT2D eigenvalue weighted by atomic mass is 35.5. The number of carbonyl (C=O) groups excluding carboxylic acids is 1. The predicted molar refractivity (Wildman–Crippen MR) is 122 cm³/mol. The molecular weight excluding hydrogens is 455 g/mol. The molecule has 1 heterocycles. The molecule has 0 aliphatic carbocycles. The first-order valence-corrected chi connectivity index (χ1v) is 10.8. The Bertz CT molecular complexity index is 1020. The molecule has 156 valence electrons. The number of thiocarbonyl (C=S) groups is 1. The van der Waals surface area contributed by atoms with Crippen molar-refractivity contribution in [2.45, 2.75) is 33.1 Å². The molecule has 0 atom stereocenters. The number of ether oxygens (including phenoxy) is 2. The summed E-state index contributed by atoms with van der Waals surface area (Å²) in [6.45, 7) is 6.76. The van der Waals surface area contributed by atoms with Gasteiger partial charge in [0.15, 0.2) is 5.75 Å². The Morgan fingerprint density at radius 1 is 1.21 bits per heavy atom. The molecule has 0 saturated heterocycles. The van der Waals surface area contributed by atoms with Gasteiger partial charge in [0.1, 0.15) is 21.8 Å². The molecule has 0 saturated carbocycles. The van der Waals surface area contributed by atoms with E-state index in [2.05, 4.69) is 0 Å². The van der Waals surface area contributed by atoms with Crippen molar-refractivity contribution in [2.24, 2.45) is 0 Å². The molecule has 2 rings (SSSR count). The molecule has 0 aliphatic heterocycles. The van der Waals surface area contributed by atoms with Gasteiger partial charge < -0.3 is 13.9 Å². The van der Waals surface area contributed by atoms with E-state index >= 15 is 0 Å². The molecule has 0 radical (unpaired) electrons. The summed E-state index contributed by atoms with van der Waals surface area (Å²) in [5, 5.41) is 0.285. The third-order valence-electron chi connectivity index (χ3n) is 4.32. The van der Waals surface area contributed by atoms with E-state index in [0.29, 0.717) is 10.6 Å². The van der Waals surface area contributed by atoms with E-state index in [4.69, 9.17) is 49.3 Å². The van der Waals surface area contributed by atoms with E-state index < -0.39 is 17.0 Å². The second kappa shape index (κ2) is 9.08. The summed E-state index contributed by atoms with van der Waals surface area (Å²) in [5.41, 5.74) is 0.0339. The number of benzene rings is 1. The van der Waals surface area contributed by atoms with Crippen molar-refractivity contribution in [1.82, 2.24) is 0 Å². The standard InChI is InChI=1S/C20H20Cl2O5S2/c1-9-7-10(2)12(11(21)8-9)13-15(26-19(28)29-6)14(22)16(27-17(13)23)20(3,4)18(24)25-5/h7-8H,1-6H3. The molecule has 0 aliphatic rings. The minimum absolute atomic E-state index is 0.0110. The van der Waals surface area contributed by atoms with E-state index in [9.17, 15) is 9.59 Å². The third kappa shape index (κ3) is 4.63. The van der Waals surface area contributed by atoms with Gasteiger partial charge >= 0.3 is 11.6 Å². The Balaban J connectivity index is 2.93. The molecule has 0 bridgehead atoms. The van der Waals surface area contributed by atoms with Crippen LogP contribution in [0, 0.1) is 13.8 Å². The fourth-order valence-electron chi connectivity index (χ4n) is 2.91. The van der Waals surface area contributed by atoms with Crippen LogP contribution >= 0.6 is 47.2 Å². The van der Waals surface area contributed by atoms with Crippen LogP contribution in [0.1, 0.15) is 30.7 Å². The van der Waals surface area contributed by atoms with Gasteiger partial charge in [-0.15, -0.1) is 0 Å². The highest BCUT2D eigenvalue weighted by Crippen LogP contribution is 2.44. The van der Waals surface area contributed by atoms with Crippen LogP contribution in [-0.4, -0.2) is 23.7 Å². The van der Waals surface area contributed by atoms with Crippen LogP contribution in [0.25, 0.3) is 11.1 Å². The molecule has 0 spiro atoms. The summed E-state index contributed by atoms with van der Waals surface area (Å²) < 4.78 is 16.2. The number of esters is 1. The molecule has 0 unspecified atom stereocenters. The maximum Gasteiger partial charge on any atom is 0.347 e. The van der Waals surface area contributed by atoms with Gasteiger partial charge in [-0.05, 0) is 63.4 Å². The van der Waals surface area contributed by atoms with Crippen molar-refractivity contribution in [3.05, 3.63) is 49.5 Å². The van der Waals surface area contributed by atoms with Crippen LogP contribution in [0.5, 0.6) is 5.75 Å². The summed E-state index contributed by atoms with van der Waals surface area (Å²) in [6.07, 6.45) is 1.73. The van der Waals surface area contributed by atoms with E-state index in [1.54, 1.807) is 12.3 Å². The molecule has 0 amide bonds. The molecule has 2 aromatic rings. The molecule has 9 heteroatoms. The zero-order valence-electron chi connectivity index (χ0n) is 16.8. The summed E-state index contributed by atoms with van der Waals surface area (Å²) in [6, 6.07) is 3.59. The largest absolute Gasteiger partial charge is 0.468 e. The Morgan fingerprint density at radius 3 is 2.34 bits per heavy atom. The van der Waals surface area contributed by atoms with Gasteiger partial charge in [0.2, 0.25) is 4.38 Å². The SMILES string of the molecule is COC(=O)C(C)(C)c1oc(=O)c(-c2c(C)cc(C)cc2Cl)c(OC(=S)SC)c1Cl. The Labute approximate surface area is 188 Å². The van der Waals surface area contributed by atoms with Gasteiger partial charge in [0, 0.05) is 10.6 Å². The first kappa shape index (κ1) is 23.7. The third-order valence-corrected chi connectivity index (χ3v) is 5.96. The average Bonchev–Trinajstić information content (AvgIpc) is 2.64. The zero-order chi connectivity index (χ0) is 22.1. The fraction of sp³-hybridized carbons (Fsp3) is 0.350. The highest BCUT2D eigenvalue weighted by molar-refractivity contribution is 8.22. The van der Waals surface area contributed by atoms with E-state index in [1.165, 1.54) is 32.7 Å². The number of thioether (sulfide) groups is 1. The van der Waals surface area contributed by atoms with Crippen LogP contribution in [0.3, 0.4) is 0 Å². The van der Waals surface area contributed by atoms with Crippen LogP contribution in [0.4, 0.5) is 0 Å². The summed E-state index contributed by atoms with van der Waals surface area (Å²) in [7, 11) is 1.24. The van der Waals surface area contributed by atoms with Crippen molar-refractivity contribution >= 4 is 57.5 Å². The molecule has 0 fully saturated rings. The number of hydrogen-bond donors (Lipinski definition) is 0. The van der Waals surface area contributed by atoms with Gasteiger partial charge in [-0.3, -0.25) is 4.79 Å². The first-order valence-electron chi connectivity index (χ1n) is 8.44. The molecule has 0 N–H and O–H groups in total. The minimum Gasteiger partial charge on any atom is -0.468 e. The van der Waals surface area contributed by atoms with E-state index in [1.807, 2.05) is 19.9 Å². The quantitative estimate of drug-likeness (QED) is 0.415. The monoisotopic (exact) mass is 474 g/mol. The van der Waals surface area contributed by atoms with Crippen LogP contribution in [0.15, 0.2) is 21.3 Å². The predicted octanol–water partition coefficient (Wildman–Crippen LogP) is 5.71. The number of rotatable bonds is 4. The summed E-state index contributed by atoms with van der Waals surface area (Å²) in [4.78, 5) is 25.3. The normalized spacial score (nSPS) is 11.3. The van der Waals surface area contributed by atoms with Gasteiger partial charge in [0.05, 0.1) is 7.11 Å². The molecular formula is C20H20Cl2O5S2.